The minimum Gasteiger partial charge on any atom is -0.390 e. The molecule has 0 saturated heterocycles. The number of hydrogen-bond donors (Lipinski definition) is 1. The molecule has 1 aromatic rings. The minimum atomic E-state index is -0.539. The van der Waals surface area contributed by atoms with Gasteiger partial charge in [-0.1, -0.05) is 6.92 Å². The summed E-state index contributed by atoms with van der Waals surface area (Å²) in [4.78, 5) is 13.6. The second kappa shape index (κ2) is 7.64. The fourth-order valence-electron chi connectivity index (χ4n) is 10.1. The Labute approximate surface area is 203 Å². The first-order chi connectivity index (χ1) is 16.2. The smallest absolute Gasteiger partial charge is 0.162 e. The van der Waals surface area contributed by atoms with Crippen LogP contribution in [0, 0.1) is 63.6 Å². The van der Waals surface area contributed by atoms with Crippen LogP contribution in [0.2, 0.25) is 0 Å². The van der Waals surface area contributed by atoms with Gasteiger partial charge in [0, 0.05) is 19.2 Å². The molecule has 1 heterocycles. The highest BCUT2D eigenvalue weighted by molar-refractivity contribution is 5.83. The number of aliphatic hydroxyl groups is 1. The first-order valence-electron chi connectivity index (χ1n) is 13.4. The number of methoxy groups -OCH3 is 1. The van der Waals surface area contributed by atoms with Crippen molar-refractivity contribution < 1.29 is 14.6 Å². The molecule has 10 atom stereocenters. The lowest BCUT2D eigenvalue weighted by Gasteiger charge is -2.63. The molecular weight excluding hydrogens is 426 g/mol. The van der Waals surface area contributed by atoms with E-state index in [0.717, 1.165) is 32.3 Å². The molecule has 6 heteroatoms. The van der Waals surface area contributed by atoms with Crippen molar-refractivity contribution in [2.45, 2.75) is 77.4 Å². The number of nitrogens with zero attached hydrogens (tertiary/aromatic N) is 3. The molecule has 0 radical (unpaired) electrons. The Morgan fingerprint density at radius 3 is 2.79 bits per heavy atom. The largest absolute Gasteiger partial charge is 0.390 e. The van der Waals surface area contributed by atoms with E-state index in [0.29, 0.717) is 47.0 Å². The van der Waals surface area contributed by atoms with E-state index in [2.05, 4.69) is 18.1 Å². The highest BCUT2D eigenvalue weighted by Crippen LogP contribution is 2.76. The highest BCUT2D eigenvalue weighted by Gasteiger charge is 2.72. The van der Waals surface area contributed by atoms with Crippen molar-refractivity contribution in [1.29, 1.82) is 5.26 Å². The molecule has 5 fully saturated rings. The molecule has 184 valence electrons. The first-order valence-corrected chi connectivity index (χ1v) is 13.4. The van der Waals surface area contributed by atoms with Crippen molar-refractivity contribution in [2.75, 3.05) is 13.7 Å². The molecule has 6 rings (SSSR count). The Kier molecular flexibility index (Phi) is 5.11. The number of carbonyl (C=O) groups excluding carboxylic acids is 1. The number of hydrogen-bond acceptors (Lipinski definition) is 5. The predicted molar refractivity (Wildman–Crippen MR) is 126 cm³/mol. The number of ether oxygens (including phenoxy) is 1. The number of fused-ring (bicyclic) bond motifs is 7. The predicted octanol–water partition coefficient (Wildman–Crippen LogP) is 4.22. The van der Waals surface area contributed by atoms with Crippen LogP contribution in [0.3, 0.4) is 0 Å². The Bertz CT molecular complexity index is 1030. The van der Waals surface area contributed by atoms with E-state index in [-0.39, 0.29) is 23.3 Å². The summed E-state index contributed by atoms with van der Waals surface area (Å²) in [5, 5.41) is 24.2. The first kappa shape index (κ1) is 22.7. The standard InChI is InChI=1S/C28H39N3O3/c1-26(33)9-10-28(16-34-3)17(13-26)4-5-19-22(28)6-8-27(2)24(19)20-12-21(20)25(27)23(32)15-31-11-7-18(14-29)30-31/h7,11,17,19-22,24-25,33H,4-6,8-10,12-13,15-16H2,1-3H3/t17-,19-,20?,21-,22+,24-,25?,26-,27+,28-/m1/s1. The average molecular weight is 466 g/mol. The monoisotopic (exact) mass is 465 g/mol. The summed E-state index contributed by atoms with van der Waals surface area (Å²) in [6.07, 6.45) is 10.6. The van der Waals surface area contributed by atoms with Crippen molar-refractivity contribution in [3.63, 3.8) is 0 Å². The van der Waals surface area contributed by atoms with Gasteiger partial charge in [-0.25, -0.2) is 0 Å². The van der Waals surface area contributed by atoms with Crippen LogP contribution in [0.5, 0.6) is 0 Å². The molecular formula is C28H39N3O3. The van der Waals surface area contributed by atoms with Gasteiger partial charge in [0.15, 0.2) is 11.5 Å². The third-order valence-corrected chi connectivity index (χ3v) is 11.3. The fourth-order valence-corrected chi connectivity index (χ4v) is 10.1. The summed E-state index contributed by atoms with van der Waals surface area (Å²) in [5.41, 5.74) is 0.108. The van der Waals surface area contributed by atoms with Gasteiger partial charge in [0.1, 0.15) is 6.07 Å². The molecule has 6 nitrogen and oxygen atoms in total. The second-order valence-corrected chi connectivity index (χ2v) is 13.0. The molecule has 1 N–H and O–H groups in total. The number of aromatic nitrogens is 2. The highest BCUT2D eigenvalue weighted by atomic mass is 16.5. The number of ketones is 1. The summed E-state index contributed by atoms with van der Waals surface area (Å²) >= 11 is 0. The van der Waals surface area contributed by atoms with Crippen molar-refractivity contribution in [3.8, 4) is 6.07 Å². The second-order valence-electron chi connectivity index (χ2n) is 13.0. The van der Waals surface area contributed by atoms with E-state index in [1.165, 1.54) is 25.7 Å². The van der Waals surface area contributed by atoms with E-state index in [1.54, 1.807) is 16.9 Å². The van der Waals surface area contributed by atoms with Crippen LogP contribution < -0.4 is 0 Å². The van der Waals surface area contributed by atoms with Gasteiger partial charge in [0.2, 0.25) is 0 Å². The number of rotatable bonds is 5. The van der Waals surface area contributed by atoms with Gasteiger partial charge in [0.25, 0.3) is 0 Å². The lowest BCUT2D eigenvalue weighted by atomic mass is 9.43. The molecule has 0 aromatic carbocycles. The lowest BCUT2D eigenvalue weighted by Crippen LogP contribution is -2.59. The molecule has 0 aliphatic heterocycles. The third-order valence-electron chi connectivity index (χ3n) is 11.3. The Hall–Kier alpha value is -1.71. The number of Topliss-reactive ketones (excluding diaryl/α,β-unsaturated/α-hetero) is 1. The zero-order valence-electron chi connectivity index (χ0n) is 20.9. The van der Waals surface area contributed by atoms with Crippen LogP contribution in [-0.4, -0.2) is 40.0 Å². The third kappa shape index (κ3) is 3.19. The Balaban J connectivity index is 1.27. The molecule has 34 heavy (non-hydrogen) atoms. The summed E-state index contributed by atoms with van der Waals surface area (Å²) in [6, 6.07) is 3.75. The van der Waals surface area contributed by atoms with E-state index in [4.69, 9.17) is 10.00 Å². The van der Waals surface area contributed by atoms with Crippen LogP contribution in [0.4, 0.5) is 0 Å². The van der Waals surface area contributed by atoms with Gasteiger partial charge in [0.05, 0.1) is 18.8 Å². The van der Waals surface area contributed by atoms with Crippen molar-refractivity contribution in [2.24, 2.45) is 52.3 Å². The van der Waals surface area contributed by atoms with E-state index < -0.39 is 5.60 Å². The summed E-state index contributed by atoms with van der Waals surface area (Å²) in [5.74, 6) is 4.19. The maximum atomic E-state index is 13.6. The zero-order valence-corrected chi connectivity index (χ0v) is 20.9. The molecule has 0 amide bonds. The van der Waals surface area contributed by atoms with Gasteiger partial charge < -0.3 is 9.84 Å². The zero-order chi connectivity index (χ0) is 23.9. The van der Waals surface area contributed by atoms with Gasteiger partial charge in [-0.15, -0.1) is 0 Å². The molecule has 1 aromatic heterocycles. The number of nitriles is 1. The van der Waals surface area contributed by atoms with Crippen LogP contribution >= 0.6 is 0 Å². The quantitative estimate of drug-likeness (QED) is 0.704. The van der Waals surface area contributed by atoms with E-state index >= 15 is 0 Å². The van der Waals surface area contributed by atoms with Crippen LogP contribution in [0.1, 0.15) is 70.9 Å². The van der Waals surface area contributed by atoms with Gasteiger partial charge in [-0.05, 0) is 111 Å². The molecule has 5 aliphatic rings. The summed E-state index contributed by atoms with van der Waals surface area (Å²) in [7, 11) is 1.85. The van der Waals surface area contributed by atoms with E-state index in [9.17, 15) is 9.90 Å². The van der Waals surface area contributed by atoms with Gasteiger partial charge in [-0.2, -0.15) is 10.4 Å². The molecule has 5 saturated carbocycles. The normalized spacial score (nSPS) is 48.7. The summed E-state index contributed by atoms with van der Waals surface area (Å²) in [6.45, 7) is 5.55. The van der Waals surface area contributed by atoms with Crippen LogP contribution in [0.15, 0.2) is 12.3 Å². The topological polar surface area (TPSA) is 88.1 Å². The molecule has 0 spiro atoms. The molecule has 5 aliphatic carbocycles. The lowest BCUT2D eigenvalue weighted by molar-refractivity contribution is -0.179. The SMILES string of the molecule is COC[C@]12CC[C@@](C)(O)C[C@H]1CC[C@@H]1[C@@H]2CC[C@]2(C)C(C(=O)Cn3ccc(C#N)n3)[C@@H]3CC3[C@@H]12. The average Bonchev–Trinajstić information content (AvgIpc) is 3.30. The fraction of sp³-hybridized carbons (Fsp3) is 0.821. The van der Waals surface area contributed by atoms with Gasteiger partial charge >= 0.3 is 0 Å². The van der Waals surface area contributed by atoms with Crippen molar-refractivity contribution in [3.05, 3.63) is 18.0 Å². The molecule has 0 bridgehead atoms. The molecule has 2 unspecified atom stereocenters. The Morgan fingerprint density at radius 2 is 2.06 bits per heavy atom. The van der Waals surface area contributed by atoms with Crippen LogP contribution in [0.25, 0.3) is 0 Å². The number of carbonyl (C=O) groups is 1. The van der Waals surface area contributed by atoms with E-state index in [1.807, 2.05) is 14.0 Å². The Morgan fingerprint density at radius 1 is 1.24 bits per heavy atom. The maximum Gasteiger partial charge on any atom is 0.162 e. The van der Waals surface area contributed by atoms with Gasteiger partial charge in [-0.3, -0.25) is 9.48 Å². The maximum absolute atomic E-state index is 13.6. The van der Waals surface area contributed by atoms with Crippen LogP contribution in [-0.2, 0) is 16.1 Å². The summed E-state index contributed by atoms with van der Waals surface area (Å²) < 4.78 is 7.56. The van der Waals surface area contributed by atoms with Crippen molar-refractivity contribution >= 4 is 5.78 Å². The minimum absolute atomic E-state index is 0.0816. The van der Waals surface area contributed by atoms with Crippen molar-refractivity contribution in [1.82, 2.24) is 9.78 Å².